The number of likely N-dealkylation sites (tertiary alicyclic amines) is 1. The van der Waals surface area contributed by atoms with E-state index in [-0.39, 0.29) is 24.1 Å². The summed E-state index contributed by atoms with van der Waals surface area (Å²) in [5.74, 6) is 0.998. The minimum atomic E-state index is -0.696. The number of rotatable bonds is 12. The van der Waals surface area contributed by atoms with Crippen molar-refractivity contribution in [2.24, 2.45) is 16.9 Å². The number of carbonyl (C=O) groups is 2. The van der Waals surface area contributed by atoms with Gasteiger partial charge in [0.15, 0.2) is 5.17 Å². The topological polar surface area (TPSA) is 119 Å². The van der Waals surface area contributed by atoms with Gasteiger partial charge in [0.25, 0.3) is 0 Å². The van der Waals surface area contributed by atoms with E-state index in [1.54, 1.807) is 0 Å². The van der Waals surface area contributed by atoms with Crippen molar-refractivity contribution >= 4 is 40.7 Å². The standard InChI is InChI=1S/C31H49ClN6O5S/c1-36-21-37(2)35-30(36)44-20-27(39)26(17-22-9-5-4-6-10-22)34-29(40)38-15-8-12-24(19-38)28(23-11-7-13-25(32)18-23)43-16-14-33-31(41)42-3/h7,11,13,18,22,24,26-28,39H,4-6,8-10,12,14-17,19-21H2,1-3H3,(H,33,41)(H,34,40). The minimum Gasteiger partial charge on any atom is -0.453 e. The Bertz CT molecular complexity index is 1110. The molecule has 1 saturated carbocycles. The third-order valence-corrected chi connectivity index (χ3v) is 10.1. The SMILES string of the molecule is COC(=O)NCCOC(c1cccc(Cl)c1)C1CCCN(C(=O)NC(CC2CCCCC2)C(O)CSC2=NN(C)CN2C)C1. The van der Waals surface area contributed by atoms with E-state index in [1.165, 1.54) is 38.1 Å². The zero-order valence-electron chi connectivity index (χ0n) is 26.3. The Kier molecular flexibility index (Phi) is 13.6. The third kappa shape index (κ3) is 10.3. The summed E-state index contributed by atoms with van der Waals surface area (Å²) in [6, 6.07) is 7.13. The normalized spacial score (nSPS) is 21.4. The van der Waals surface area contributed by atoms with Crippen LogP contribution in [-0.4, -0.2) is 109 Å². The fraction of sp³-hybridized carbons (Fsp3) is 0.710. The number of hydrogen-bond donors (Lipinski definition) is 3. The molecule has 1 saturated heterocycles. The number of halogens is 1. The molecule has 4 rings (SSSR count). The first-order valence-electron chi connectivity index (χ1n) is 15.8. The lowest BCUT2D eigenvalue weighted by atomic mass is 9.84. The molecule has 4 unspecified atom stereocenters. The second kappa shape index (κ2) is 17.3. The van der Waals surface area contributed by atoms with Gasteiger partial charge >= 0.3 is 12.1 Å². The molecule has 246 valence electrons. The highest BCUT2D eigenvalue weighted by Crippen LogP contribution is 2.34. The quantitative estimate of drug-likeness (QED) is 0.278. The lowest BCUT2D eigenvalue weighted by molar-refractivity contribution is -0.00897. The fourth-order valence-corrected chi connectivity index (χ4v) is 7.65. The molecule has 0 bridgehead atoms. The van der Waals surface area contributed by atoms with E-state index in [0.29, 0.717) is 42.9 Å². The number of nitrogens with one attached hydrogen (secondary N) is 2. The van der Waals surface area contributed by atoms with E-state index in [0.717, 1.165) is 49.5 Å². The minimum absolute atomic E-state index is 0.0382. The molecule has 3 N–H and O–H groups in total. The van der Waals surface area contributed by atoms with Crippen molar-refractivity contribution in [1.82, 2.24) is 25.4 Å². The second-order valence-corrected chi connectivity index (χ2v) is 13.6. The van der Waals surface area contributed by atoms with Crippen molar-refractivity contribution in [2.75, 3.05) is 59.9 Å². The number of methoxy groups -OCH3 is 1. The van der Waals surface area contributed by atoms with Gasteiger partial charge in [0.05, 0.1) is 32.0 Å². The van der Waals surface area contributed by atoms with Gasteiger partial charge < -0.3 is 35.0 Å². The largest absolute Gasteiger partial charge is 0.453 e. The highest BCUT2D eigenvalue weighted by molar-refractivity contribution is 8.13. The van der Waals surface area contributed by atoms with E-state index in [4.69, 9.17) is 16.3 Å². The van der Waals surface area contributed by atoms with Crippen LogP contribution in [0.15, 0.2) is 29.4 Å². The van der Waals surface area contributed by atoms with Gasteiger partial charge in [-0.1, -0.05) is 67.6 Å². The van der Waals surface area contributed by atoms with Gasteiger partial charge in [-0.25, -0.2) is 9.59 Å². The summed E-state index contributed by atoms with van der Waals surface area (Å²) < 4.78 is 11.0. The van der Waals surface area contributed by atoms with Gasteiger partial charge in [-0.3, -0.25) is 5.01 Å². The maximum Gasteiger partial charge on any atom is 0.406 e. The summed E-state index contributed by atoms with van der Waals surface area (Å²) in [5, 5.41) is 25.2. The number of alkyl carbamates (subject to hydrolysis) is 1. The van der Waals surface area contributed by atoms with Crippen molar-refractivity contribution in [3.05, 3.63) is 34.9 Å². The first-order chi connectivity index (χ1) is 21.2. The lowest BCUT2D eigenvalue weighted by Crippen LogP contribution is -2.53. The number of benzene rings is 1. The highest BCUT2D eigenvalue weighted by atomic mass is 35.5. The van der Waals surface area contributed by atoms with Gasteiger partial charge in [0, 0.05) is 50.4 Å². The van der Waals surface area contributed by atoms with Crippen LogP contribution in [0.2, 0.25) is 5.02 Å². The highest BCUT2D eigenvalue weighted by Gasteiger charge is 2.34. The fourth-order valence-electron chi connectivity index (χ4n) is 6.42. The van der Waals surface area contributed by atoms with Crippen LogP contribution in [0.4, 0.5) is 9.59 Å². The predicted molar refractivity (Wildman–Crippen MR) is 175 cm³/mol. The van der Waals surface area contributed by atoms with Crippen LogP contribution in [0.3, 0.4) is 0 Å². The molecule has 11 nitrogen and oxygen atoms in total. The average Bonchev–Trinajstić information content (AvgIpc) is 3.35. The van der Waals surface area contributed by atoms with E-state index in [1.807, 2.05) is 48.3 Å². The third-order valence-electron chi connectivity index (χ3n) is 8.67. The summed E-state index contributed by atoms with van der Waals surface area (Å²) in [5.41, 5.74) is 0.941. The van der Waals surface area contributed by atoms with E-state index >= 15 is 0 Å². The molecular weight excluding hydrogens is 604 g/mol. The molecule has 1 aliphatic carbocycles. The molecule has 2 aliphatic heterocycles. The maximum absolute atomic E-state index is 13.8. The number of amides is 3. The number of thioether (sulfide) groups is 1. The summed E-state index contributed by atoms with van der Waals surface area (Å²) >= 11 is 7.87. The van der Waals surface area contributed by atoms with Gasteiger partial charge in [-0.15, -0.1) is 0 Å². The van der Waals surface area contributed by atoms with Crippen LogP contribution in [0.25, 0.3) is 0 Å². The zero-order valence-corrected chi connectivity index (χ0v) is 27.8. The second-order valence-electron chi connectivity index (χ2n) is 12.2. The maximum atomic E-state index is 13.8. The van der Waals surface area contributed by atoms with Crippen molar-refractivity contribution in [2.45, 2.75) is 69.6 Å². The Labute approximate surface area is 271 Å². The number of amidine groups is 1. The zero-order chi connectivity index (χ0) is 31.5. The molecule has 4 atom stereocenters. The molecule has 13 heteroatoms. The predicted octanol–water partition coefficient (Wildman–Crippen LogP) is 4.71. The number of hydrazone groups is 1. The number of aliphatic hydroxyl groups is 1. The Hall–Kier alpha value is -2.41. The monoisotopic (exact) mass is 652 g/mol. The summed E-state index contributed by atoms with van der Waals surface area (Å²) in [7, 11) is 5.25. The Morgan fingerprint density at radius 1 is 1.18 bits per heavy atom. The van der Waals surface area contributed by atoms with Gasteiger partial charge in [-0.05, 0) is 42.9 Å². The molecule has 0 radical (unpaired) electrons. The number of carbonyl (C=O) groups excluding carboxylic acids is 2. The first-order valence-corrected chi connectivity index (χ1v) is 17.2. The molecule has 3 amide bonds. The van der Waals surface area contributed by atoms with Crippen molar-refractivity contribution in [3.63, 3.8) is 0 Å². The average molecular weight is 653 g/mol. The number of urea groups is 1. The van der Waals surface area contributed by atoms with E-state index < -0.39 is 12.2 Å². The molecule has 44 heavy (non-hydrogen) atoms. The molecule has 1 aromatic rings. The van der Waals surface area contributed by atoms with Crippen molar-refractivity contribution in [1.29, 1.82) is 0 Å². The van der Waals surface area contributed by atoms with Gasteiger partial charge in [0.1, 0.15) is 6.67 Å². The number of piperidine rings is 1. The van der Waals surface area contributed by atoms with Crippen LogP contribution < -0.4 is 10.6 Å². The Morgan fingerprint density at radius 3 is 2.68 bits per heavy atom. The van der Waals surface area contributed by atoms with Crippen molar-refractivity contribution in [3.8, 4) is 0 Å². The van der Waals surface area contributed by atoms with Crippen LogP contribution in [0, 0.1) is 11.8 Å². The first kappa shape index (κ1) is 34.5. The Morgan fingerprint density at radius 2 is 1.98 bits per heavy atom. The number of aliphatic hydroxyl groups excluding tert-OH is 1. The molecule has 2 heterocycles. The van der Waals surface area contributed by atoms with Crippen LogP contribution in [0.5, 0.6) is 0 Å². The molecule has 1 aromatic carbocycles. The molecular formula is C31H49ClN6O5S. The van der Waals surface area contributed by atoms with E-state index in [2.05, 4.69) is 25.4 Å². The molecule has 0 aromatic heterocycles. The number of nitrogens with zero attached hydrogens (tertiary/aromatic N) is 4. The van der Waals surface area contributed by atoms with Crippen LogP contribution >= 0.6 is 23.4 Å². The molecule has 3 aliphatic rings. The van der Waals surface area contributed by atoms with Gasteiger partial charge in [-0.2, -0.15) is 5.10 Å². The number of ether oxygens (including phenoxy) is 2. The number of hydrogen-bond acceptors (Lipinski definition) is 9. The summed E-state index contributed by atoms with van der Waals surface area (Å²) in [6.45, 7) is 2.47. The van der Waals surface area contributed by atoms with Crippen molar-refractivity contribution < 1.29 is 24.2 Å². The Balaban J connectivity index is 1.41. The van der Waals surface area contributed by atoms with Gasteiger partial charge in [0.2, 0.25) is 0 Å². The van der Waals surface area contributed by atoms with Crippen LogP contribution in [-0.2, 0) is 9.47 Å². The molecule has 2 fully saturated rings. The smallest absolute Gasteiger partial charge is 0.406 e. The van der Waals surface area contributed by atoms with Crippen LogP contribution in [0.1, 0.15) is 63.0 Å². The van der Waals surface area contributed by atoms with E-state index in [9.17, 15) is 14.7 Å². The lowest BCUT2D eigenvalue weighted by Gasteiger charge is -2.38. The summed E-state index contributed by atoms with van der Waals surface area (Å²) in [4.78, 5) is 29.2. The summed E-state index contributed by atoms with van der Waals surface area (Å²) in [6.07, 6.45) is 6.95. The molecule has 0 spiro atoms.